The number of thiophene rings is 2. The second-order valence-electron chi connectivity index (χ2n) is 16.2. The van der Waals surface area contributed by atoms with Crippen LogP contribution in [0.25, 0.3) is 0 Å². The Morgan fingerprint density at radius 1 is 0.776 bits per heavy atom. The average Bonchev–Trinajstić information content (AvgIpc) is 3.86. The molecule has 0 atom stereocenters. The predicted molar refractivity (Wildman–Crippen MR) is 237 cm³/mol. The van der Waals surface area contributed by atoms with E-state index in [-0.39, 0.29) is 51.2 Å². The van der Waals surface area contributed by atoms with Crippen molar-refractivity contribution in [1.29, 1.82) is 0 Å². The third kappa shape index (κ3) is 12.4. The molecule has 0 N–H and O–H groups in total. The fraction of sp³-hybridized carbons (Fsp3) is 0.537. The van der Waals surface area contributed by atoms with Crippen LogP contribution in [-0.2, 0) is 40.4 Å². The van der Waals surface area contributed by atoms with Crippen LogP contribution in [0.2, 0.25) is 8.67 Å². The van der Waals surface area contributed by atoms with E-state index < -0.39 is 20.9 Å². The van der Waals surface area contributed by atoms with Gasteiger partial charge in [0.25, 0.3) is 11.8 Å². The van der Waals surface area contributed by atoms with Crippen molar-refractivity contribution >= 4 is 73.8 Å². The molecule has 2 aliphatic heterocycles. The van der Waals surface area contributed by atoms with Gasteiger partial charge in [0, 0.05) is 70.0 Å². The SMILES string of the molecule is C.C.C=CCOC(=O)N1CC(c2cc(CCc3ccc(Cl)s3)n(C(=O)C(C)(C)C)n2)C1.CC(C)(C)C(=O)n1nc(C2CN(S(C)(=O)=O)C2)cc1CCc1ccc(Cl)s1. The molecule has 6 heterocycles. The Morgan fingerprint density at radius 2 is 1.19 bits per heavy atom. The van der Waals surface area contributed by atoms with Gasteiger partial charge >= 0.3 is 6.09 Å². The van der Waals surface area contributed by atoms with Gasteiger partial charge in [0.1, 0.15) is 6.61 Å². The van der Waals surface area contributed by atoms with Crippen molar-refractivity contribution in [2.24, 2.45) is 10.8 Å². The van der Waals surface area contributed by atoms with Gasteiger partial charge in [-0.15, -0.1) is 22.7 Å². The first-order valence-corrected chi connectivity index (χ1v) is 22.6. The van der Waals surface area contributed by atoms with E-state index in [0.717, 1.165) is 49.2 Å². The zero-order valence-electron chi connectivity index (χ0n) is 32.9. The summed E-state index contributed by atoms with van der Waals surface area (Å²) in [5.74, 6) is 0.0377. The lowest BCUT2D eigenvalue weighted by atomic mass is 9.95. The number of hydrogen-bond donors (Lipinski definition) is 0. The van der Waals surface area contributed by atoms with E-state index in [1.807, 2.05) is 77.9 Å². The highest BCUT2D eigenvalue weighted by molar-refractivity contribution is 7.88. The Labute approximate surface area is 362 Å². The van der Waals surface area contributed by atoms with Crippen molar-refractivity contribution in [3.05, 3.63) is 90.3 Å². The first-order valence-electron chi connectivity index (χ1n) is 18.4. The molecule has 0 aromatic carbocycles. The number of nitrogens with zero attached hydrogens (tertiary/aromatic N) is 6. The molecule has 2 aliphatic rings. The Morgan fingerprint density at radius 3 is 1.53 bits per heavy atom. The van der Waals surface area contributed by atoms with E-state index in [2.05, 4.69) is 16.8 Å². The molecule has 0 radical (unpaired) electrons. The number of carbonyl (C=O) groups is 3. The monoisotopic (exact) mass is 896 g/mol. The summed E-state index contributed by atoms with van der Waals surface area (Å²) in [4.78, 5) is 41.6. The molecule has 0 unspecified atom stereocenters. The lowest BCUT2D eigenvalue weighted by Crippen LogP contribution is -2.48. The summed E-state index contributed by atoms with van der Waals surface area (Å²) >= 11 is 15.1. The van der Waals surface area contributed by atoms with Crippen LogP contribution in [0.15, 0.2) is 49.1 Å². The van der Waals surface area contributed by atoms with Crippen molar-refractivity contribution in [1.82, 2.24) is 28.8 Å². The summed E-state index contributed by atoms with van der Waals surface area (Å²) in [5.41, 5.74) is 2.28. The topological polar surface area (TPSA) is 137 Å². The van der Waals surface area contributed by atoms with Gasteiger partial charge in [0.05, 0.1) is 26.3 Å². The minimum atomic E-state index is -3.17. The fourth-order valence-corrected chi connectivity index (χ4v) is 9.11. The highest BCUT2D eigenvalue weighted by Crippen LogP contribution is 2.32. The molecule has 1 amide bonds. The number of aryl methyl sites for hydroxylation is 4. The molecular formula is C41H58Cl2N6O6S3. The number of rotatable bonds is 11. The maximum absolute atomic E-state index is 12.9. The second-order valence-corrected chi connectivity index (χ2v) is 21.8. The maximum Gasteiger partial charge on any atom is 0.410 e. The van der Waals surface area contributed by atoms with Gasteiger partial charge in [-0.25, -0.2) is 26.9 Å². The lowest BCUT2D eigenvalue weighted by molar-refractivity contribution is 0.0727. The molecule has 17 heteroatoms. The molecule has 4 aromatic rings. The molecule has 0 bridgehead atoms. The largest absolute Gasteiger partial charge is 0.445 e. The number of likely N-dealkylation sites (tertiary alicyclic amines) is 1. The quantitative estimate of drug-likeness (QED) is 0.136. The molecule has 0 saturated carbocycles. The fourth-order valence-electron chi connectivity index (χ4n) is 6.03. The highest BCUT2D eigenvalue weighted by Gasteiger charge is 2.38. The standard InChI is InChI=1S/C21H26ClN3O3S.C18H24ClN3O3S2.2CH4/c1-5-10-28-20(27)24-12-14(13-24)17-11-15(6-7-16-8-9-18(22)29-16)25(23-17)19(26)21(2,3)4;1-18(2,3)17(23)22-13(5-6-14-7-8-16(19)26-14)9-15(20-22)12-10-21(11-12)27(4,24)25;;/h5,8-9,11,14H,1,6-7,10,12-13H2,2-4H3;7-9,12H,5-6,10-11H2,1-4H3;2*1H4. The third-order valence-electron chi connectivity index (χ3n) is 9.40. The van der Waals surface area contributed by atoms with Crippen LogP contribution in [0.1, 0.15) is 110 Å². The van der Waals surface area contributed by atoms with E-state index in [4.69, 9.17) is 27.9 Å². The number of aromatic nitrogens is 4. The van der Waals surface area contributed by atoms with Gasteiger partial charge in [-0.3, -0.25) is 9.59 Å². The summed E-state index contributed by atoms with van der Waals surface area (Å²) in [7, 11) is -3.17. The molecule has 0 spiro atoms. The number of hydrogen-bond acceptors (Lipinski definition) is 10. The first-order chi connectivity index (χ1) is 26.1. The predicted octanol–water partition coefficient (Wildman–Crippen LogP) is 9.49. The summed E-state index contributed by atoms with van der Waals surface area (Å²) < 4.78 is 34.3. The normalized spacial score (nSPS) is 14.9. The molecule has 12 nitrogen and oxygen atoms in total. The van der Waals surface area contributed by atoms with Crippen LogP contribution in [0, 0.1) is 10.8 Å². The minimum absolute atomic E-state index is 0. The summed E-state index contributed by atoms with van der Waals surface area (Å²) in [5, 5.41) is 9.18. The van der Waals surface area contributed by atoms with E-state index in [0.29, 0.717) is 39.0 Å². The Balaban J connectivity index is 0.000000301. The van der Waals surface area contributed by atoms with Gasteiger partial charge in [0.2, 0.25) is 10.0 Å². The molecule has 0 aliphatic carbocycles. The summed E-state index contributed by atoms with van der Waals surface area (Å²) in [6.45, 7) is 16.9. The number of halogens is 2. The van der Waals surface area contributed by atoms with Crippen LogP contribution in [0.4, 0.5) is 4.79 Å². The smallest absolute Gasteiger partial charge is 0.410 e. The van der Waals surface area contributed by atoms with Crippen LogP contribution >= 0.6 is 45.9 Å². The van der Waals surface area contributed by atoms with Crippen molar-refractivity contribution < 1.29 is 27.5 Å². The highest BCUT2D eigenvalue weighted by atomic mass is 35.5. The summed E-state index contributed by atoms with van der Waals surface area (Å²) in [6, 6.07) is 11.7. The molecule has 58 heavy (non-hydrogen) atoms. The van der Waals surface area contributed by atoms with Gasteiger partial charge in [-0.05, 0) is 62.1 Å². The molecular weight excluding hydrogens is 840 g/mol. The Kier molecular flexibility index (Phi) is 16.7. The molecule has 6 rings (SSSR count). The van der Waals surface area contributed by atoms with Crippen LogP contribution < -0.4 is 0 Å². The average molecular weight is 898 g/mol. The number of sulfonamides is 1. The van der Waals surface area contributed by atoms with Crippen LogP contribution in [0.3, 0.4) is 0 Å². The second kappa shape index (κ2) is 19.8. The Bertz CT molecular complexity index is 2160. The minimum Gasteiger partial charge on any atom is -0.445 e. The molecule has 4 aromatic heterocycles. The van der Waals surface area contributed by atoms with Gasteiger partial charge in [-0.1, -0.05) is 92.3 Å². The van der Waals surface area contributed by atoms with Crippen molar-refractivity contribution in [3.63, 3.8) is 0 Å². The Hall–Kier alpha value is -3.34. The zero-order valence-corrected chi connectivity index (χ0v) is 36.8. The molecule has 2 fully saturated rings. The van der Waals surface area contributed by atoms with Gasteiger partial charge in [0.15, 0.2) is 0 Å². The molecule has 320 valence electrons. The first kappa shape index (κ1) is 49.0. The number of ether oxygens (including phenoxy) is 1. The van der Waals surface area contributed by atoms with E-state index in [9.17, 15) is 22.8 Å². The van der Waals surface area contributed by atoms with Crippen LogP contribution in [-0.4, -0.2) is 94.1 Å². The van der Waals surface area contributed by atoms with Crippen LogP contribution in [0.5, 0.6) is 0 Å². The van der Waals surface area contributed by atoms with Gasteiger partial charge in [-0.2, -0.15) is 10.2 Å². The van der Waals surface area contributed by atoms with E-state index in [1.165, 1.54) is 31.5 Å². The van der Waals surface area contributed by atoms with Crippen molar-refractivity contribution in [2.45, 2.75) is 93.9 Å². The van der Waals surface area contributed by atoms with Crippen molar-refractivity contribution in [3.8, 4) is 0 Å². The number of amides is 1. The lowest BCUT2D eigenvalue weighted by Gasteiger charge is -2.37. The van der Waals surface area contributed by atoms with Crippen molar-refractivity contribution in [2.75, 3.05) is 39.0 Å². The van der Waals surface area contributed by atoms with E-state index in [1.54, 1.807) is 27.0 Å². The molecule has 2 saturated heterocycles. The number of carbonyl (C=O) groups excluding carboxylic acids is 3. The van der Waals surface area contributed by atoms with E-state index >= 15 is 0 Å². The van der Waals surface area contributed by atoms with Gasteiger partial charge < -0.3 is 9.64 Å². The summed E-state index contributed by atoms with van der Waals surface area (Å²) in [6.07, 6.45) is 5.36. The zero-order chi connectivity index (χ0) is 41.2. The maximum atomic E-state index is 12.9. The third-order valence-corrected chi connectivity index (χ3v) is 13.2.